The Hall–Kier alpha value is -1.91. The van der Waals surface area contributed by atoms with Crippen LogP contribution in [0.25, 0.3) is 11.0 Å². The third-order valence-electron chi connectivity index (χ3n) is 3.56. The highest BCUT2D eigenvalue weighted by molar-refractivity contribution is 6.29. The molecule has 0 aliphatic heterocycles. The van der Waals surface area contributed by atoms with Crippen LogP contribution in [0.3, 0.4) is 0 Å². The lowest BCUT2D eigenvalue weighted by molar-refractivity contribution is 0.174. The molecule has 3 rings (SSSR count). The van der Waals surface area contributed by atoms with Crippen LogP contribution in [-0.2, 0) is 13.0 Å². The molecule has 1 atom stereocenters. The molecule has 1 N–H and O–H groups in total. The molecular formula is C16H16ClN3O. The van der Waals surface area contributed by atoms with Gasteiger partial charge in [-0.15, -0.1) is 0 Å². The van der Waals surface area contributed by atoms with Gasteiger partial charge in [0.15, 0.2) is 0 Å². The number of fused-ring (bicyclic) bond motifs is 1. The zero-order chi connectivity index (χ0) is 14.8. The molecule has 3 aromatic rings. The molecule has 0 aliphatic rings. The highest BCUT2D eigenvalue weighted by Crippen LogP contribution is 2.22. The maximum absolute atomic E-state index is 10.4. The van der Waals surface area contributed by atoms with Crippen LogP contribution in [0.2, 0.25) is 5.15 Å². The Kier molecular flexibility index (Phi) is 3.90. The SMILES string of the molecule is CCn1c(CC(O)c2ccc(Cl)nc2)nc2ccccc21. The third kappa shape index (κ3) is 2.77. The molecule has 2 aromatic heterocycles. The zero-order valence-corrected chi connectivity index (χ0v) is 12.5. The van der Waals surface area contributed by atoms with Crippen LogP contribution in [0.1, 0.15) is 24.4 Å². The van der Waals surface area contributed by atoms with Crippen molar-refractivity contribution in [2.75, 3.05) is 0 Å². The van der Waals surface area contributed by atoms with Gasteiger partial charge in [-0.1, -0.05) is 29.8 Å². The van der Waals surface area contributed by atoms with E-state index in [2.05, 4.69) is 21.5 Å². The van der Waals surface area contributed by atoms with Gasteiger partial charge in [0, 0.05) is 19.2 Å². The summed E-state index contributed by atoms with van der Waals surface area (Å²) in [6.07, 6.45) is 1.41. The van der Waals surface area contributed by atoms with E-state index >= 15 is 0 Å². The summed E-state index contributed by atoms with van der Waals surface area (Å²) in [7, 11) is 0. The Labute approximate surface area is 128 Å². The van der Waals surface area contributed by atoms with Crippen molar-refractivity contribution >= 4 is 22.6 Å². The molecule has 0 saturated heterocycles. The van der Waals surface area contributed by atoms with E-state index in [0.717, 1.165) is 29.0 Å². The number of halogens is 1. The fraction of sp³-hybridized carbons (Fsp3) is 0.250. The molecule has 5 heteroatoms. The van der Waals surface area contributed by atoms with Crippen molar-refractivity contribution in [1.82, 2.24) is 14.5 Å². The zero-order valence-electron chi connectivity index (χ0n) is 11.7. The lowest BCUT2D eigenvalue weighted by Gasteiger charge is -2.12. The lowest BCUT2D eigenvalue weighted by atomic mass is 10.1. The predicted octanol–water partition coefficient (Wildman–Crippen LogP) is 3.38. The van der Waals surface area contributed by atoms with E-state index in [4.69, 9.17) is 11.6 Å². The Morgan fingerprint density at radius 3 is 2.76 bits per heavy atom. The number of aryl methyl sites for hydroxylation is 1. The second-order valence-corrected chi connectivity index (χ2v) is 5.28. The monoisotopic (exact) mass is 301 g/mol. The summed E-state index contributed by atoms with van der Waals surface area (Å²) in [5, 5.41) is 10.8. The van der Waals surface area contributed by atoms with Crippen molar-refractivity contribution < 1.29 is 5.11 Å². The van der Waals surface area contributed by atoms with E-state index in [1.807, 2.05) is 24.3 Å². The van der Waals surface area contributed by atoms with Gasteiger partial charge in [-0.3, -0.25) is 0 Å². The fourth-order valence-corrected chi connectivity index (χ4v) is 2.62. The molecule has 0 radical (unpaired) electrons. The van der Waals surface area contributed by atoms with Crippen molar-refractivity contribution in [3.05, 3.63) is 59.1 Å². The quantitative estimate of drug-likeness (QED) is 0.752. The number of hydrogen-bond donors (Lipinski definition) is 1. The van der Waals surface area contributed by atoms with Crippen LogP contribution in [0.5, 0.6) is 0 Å². The van der Waals surface area contributed by atoms with Gasteiger partial charge >= 0.3 is 0 Å². The molecule has 0 amide bonds. The molecule has 21 heavy (non-hydrogen) atoms. The van der Waals surface area contributed by atoms with Gasteiger partial charge in [-0.25, -0.2) is 9.97 Å². The summed E-state index contributed by atoms with van der Waals surface area (Å²) >= 11 is 5.77. The molecule has 108 valence electrons. The maximum atomic E-state index is 10.4. The number of benzene rings is 1. The summed E-state index contributed by atoms with van der Waals surface area (Å²) in [5.74, 6) is 0.876. The minimum absolute atomic E-state index is 0.423. The first kappa shape index (κ1) is 14.0. The first-order valence-corrected chi connectivity index (χ1v) is 7.30. The van der Waals surface area contributed by atoms with Gasteiger partial charge in [-0.2, -0.15) is 0 Å². The molecule has 0 aliphatic carbocycles. The van der Waals surface area contributed by atoms with Crippen LogP contribution in [0.4, 0.5) is 0 Å². The number of aliphatic hydroxyl groups is 1. The highest BCUT2D eigenvalue weighted by atomic mass is 35.5. The average Bonchev–Trinajstić information content (AvgIpc) is 2.84. The minimum Gasteiger partial charge on any atom is -0.388 e. The summed E-state index contributed by atoms with van der Waals surface area (Å²) in [5.41, 5.74) is 2.79. The number of pyridine rings is 1. The number of rotatable bonds is 4. The van der Waals surface area contributed by atoms with Gasteiger partial charge in [0.1, 0.15) is 11.0 Å². The fourth-order valence-electron chi connectivity index (χ4n) is 2.51. The number of aromatic nitrogens is 3. The van der Waals surface area contributed by atoms with E-state index in [-0.39, 0.29) is 0 Å². The van der Waals surface area contributed by atoms with Crippen molar-refractivity contribution in [2.24, 2.45) is 0 Å². The van der Waals surface area contributed by atoms with Crippen molar-refractivity contribution in [2.45, 2.75) is 26.0 Å². The van der Waals surface area contributed by atoms with Crippen LogP contribution >= 0.6 is 11.6 Å². The Bertz CT molecular complexity index is 752. The van der Waals surface area contributed by atoms with E-state index in [1.54, 1.807) is 18.3 Å². The Morgan fingerprint density at radius 1 is 1.24 bits per heavy atom. The summed E-state index contributed by atoms with van der Waals surface area (Å²) < 4.78 is 2.13. The first-order valence-electron chi connectivity index (χ1n) is 6.92. The summed E-state index contributed by atoms with van der Waals surface area (Å²) in [6.45, 7) is 2.90. The van der Waals surface area contributed by atoms with E-state index < -0.39 is 6.10 Å². The topological polar surface area (TPSA) is 50.9 Å². The molecule has 0 fully saturated rings. The van der Waals surface area contributed by atoms with Crippen LogP contribution < -0.4 is 0 Å². The molecule has 4 nitrogen and oxygen atoms in total. The number of aliphatic hydroxyl groups excluding tert-OH is 1. The smallest absolute Gasteiger partial charge is 0.129 e. The standard InChI is InChI=1S/C16H16ClN3O/c1-2-20-13-6-4-3-5-12(13)19-16(20)9-14(21)11-7-8-15(17)18-10-11/h3-8,10,14,21H,2,9H2,1H3. The van der Waals surface area contributed by atoms with Gasteiger partial charge < -0.3 is 9.67 Å². The van der Waals surface area contributed by atoms with E-state index in [0.29, 0.717) is 11.6 Å². The number of para-hydroxylation sites is 2. The third-order valence-corrected chi connectivity index (χ3v) is 3.78. The average molecular weight is 302 g/mol. The van der Waals surface area contributed by atoms with E-state index in [1.165, 1.54) is 0 Å². The normalized spacial score (nSPS) is 12.7. The predicted molar refractivity (Wildman–Crippen MR) is 83.3 cm³/mol. The number of imidazole rings is 1. The molecule has 0 bridgehead atoms. The molecule has 1 unspecified atom stereocenters. The molecule has 2 heterocycles. The van der Waals surface area contributed by atoms with Gasteiger partial charge in [0.05, 0.1) is 17.1 Å². The molecule has 0 spiro atoms. The molecule has 0 saturated carbocycles. The van der Waals surface area contributed by atoms with Crippen LogP contribution in [0, 0.1) is 0 Å². The van der Waals surface area contributed by atoms with E-state index in [9.17, 15) is 5.11 Å². The van der Waals surface area contributed by atoms with Crippen LogP contribution in [-0.4, -0.2) is 19.6 Å². The second-order valence-electron chi connectivity index (χ2n) is 4.90. The molecular weight excluding hydrogens is 286 g/mol. The Morgan fingerprint density at radius 2 is 2.05 bits per heavy atom. The van der Waals surface area contributed by atoms with Gasteiger partial charge in [0.2, 0.25) is 0 Å². The Balaban J connectivity index is 1.92. The molecule has 1 aromatic carbocycles. The van der Waals surface area contributed by atoms with Crippen molar-refractivity contribution in [3.63, 3.8) is 0 Å². The van der Waals surface area contributed by atoms with Gasteiger partial charge in [-0.05, 0) is 30.7 Å². The number of nitrogens with zero attached hydrogens (tertiary/aromatic N) is 3. The lowest BCUT2D eigenvalue weighted by Crippen LogP contribution is -2.08. The van der Waals surface area contributed by atoms with Crippen molar-refractivity contribution in [1.29, 1.82) is 0 Å². The highest BCUT2D eigenvalue weighted by Gasteiger charge is 2.15. The van der Waals surface area contributed by atoms with Gasteiger partial charge in [0.25, 0.3) is 0 Å². The first-order chi connectivity index (χ1) is 10.2. The minimum atomic E-state index is -0.642. The van der Waals surface area contributed by atoms with Crippen molar-refractivity contribution in [3.8, 4) is 0 Å². The number of hydrogen-bond acceptors (Lipinski definition) is 3. The largest absolute Gasteiger partial charge is 0.388 e. The second kappa shape index (κ2) is 5.84. The van der Waals surface area contributed by atoms with Crippen LogP contribution in [0.15, 0.2) is 42.6 Å². The maximum Gasteiger partial charge on any atom is 0.129 e. The summed E-state index contributed by atoms with van der Waals surface area (Å²) in [4.78, 5) is 8.63. The summed E-state index contributed by atoms with van der Waals surface area (Å²) in [6, 6.07) is 11.5.